The number of ether oxygens (including phenoxy) is 1. The summed E-state index contributed by atoms with van der Waals surface area (Å²) in [5, 5.41) is 10.7. The largest absolute Gasteiger partial charge is 0.481 e. The molecule has 0 unspecified atom stereocenters. The highest BCUT2D eigenvalue weighted by Gasteiger charge is 2.44. The smallest absolute Gasteiger partial charge is 0.410 e. The molecule has 25 heavy (non-hydrogen) atoms. The fraction of sp³-hybridized carbons (Fsp3) is 0.556. The lowest BCUT2D eigenvalue weighted by Crippen LogP contribution is -2.52. The number of halogens is 2. The van der Waals surface area contributed by atoms with Crippen LogP contribution < -0.4 is 0 Å². The second kappa shape index (κ2) is 7.42. The summed E-state index contributed by atoms with van der Waals surface area (Å²) in [7, 11) is 0. The van der Waals surface area contributed by atoms with Crippen LogP contribution in [0.5, 0.6) is 0 Å². The van der Waals surface area contributed by atoms with Crippen molar-refractivity contribution >= 4 is 35.3 Å². The number of carbonyl (C=O) groups is 2. The van der Waals surface area contributed by atoms with Crippen molar-refractivity contribution in [3.8, 4) is 0 Å². The summed E-state index contributed by atoms with van der Waals surface area (Å²) in [4.78, 5) is 25.9. The maximum atomic E-state index is 12.3. The topological polar surface area (TPSA) is 66.8 Å². The highest BCUT2D eigenvalue weighted by molar-refractivity contribution is 6.42. The molecule has 138 valence electrons. The summed E-state index contributed by atoms with van der Waals surface area (Å²) in [6.45, 7) is 5.96. The van der Waals surface area contributed by atoms with Crippen molar-refractivity contribution in [1.82, 2.24) is 4.90 Å². The van der Waals surface area contributed by atoms with Gasteiger partial charge in [0.2, 0.25) is 0 Å². The molecule has 0 bridgehead atoms. The summed E-state index contributed by atoms with van der Waals surface area (Å²) in [6.07, 6.45) is 0.889. The zero-order valence-electron chi connectivity index (χ0n) is 14.6. The molecule has 0 aliphatic carbocycles. The molecule has 0 radical (unpaired) electrons. The van der Waals surface area contributed by atoms with Crippen LogP contribution >= 0.6 is 23.2 Å². The fourth-order valence-electron chi connectivity index (χ4n) is 3.05. The molecule has 1 aromatic rings. The van der Waals surface area contributed by atoms with Crippen LogP contribution in [0.2, 0.25) is 10.0 Å². The van der Waals surface area contributed by atoms with E-state index < -0.39 is 23.1 Å². The van der Waals surface area contributed by atoms with Crippen molar-refractivity contribution in [3.05, 3.63) is 33.8 Å². The SMILES string of the molecule is CC(C)(C)OC(=O)N1CCC[C@@](Cc2ccc(Cl)c(Cl)c2)(C(=O)O)C1. The summed E-state index contributed by atoms with van der Waals surface area (Å²) in [6, 6.07) is 5.11. The standard InChI is InChI=1S/C18H23Cl2NO4/c1-17(2,3)25-16(24)21-8-4-7-18(11-21,15(22)23)10-12-5-6-13(19)14(20)9-12/h5-6,9H,4,7-8,10-11H2,1-3H3,(H,22,23)/t18-/m0/s1. The monoisotopic (exact) mass is 387 g/mol. The first-order chi connectivity index (χ1) is 11.5. The molecule has 5 nitrogen and oxygen atoms in total. The van der Waals surface area contributed by atoms with Crippen molar-refractivity contribution in [2.75, 3.05) is 13.1 Å². The number of benzene rings is 1. The van der Waals surface area contributed by atoms with Gasteiger partial charge in [0.1, 0.15) is 5.60 Å². The van der Waals surface area contributed by atoms with Crippen molar-refractivity contribution < 1.29 is 19.4 Å². The number of aliphatic carboxylic acids is 1. The molecule has 1 aliphatic rings. The Hall–Kier alpha value is -1.46. The van der Waals surface area contributed by atoms with Crippen molar-refractivity contribution in [2.24, 2.45) is 5.41 Å². The molecular weight excluding hydrogens is 365 g/mol. The van der Waals surface area contributed by atoms with Gasteiger partial charge < -0.3 is 14.7 Å². The lowest BCUT2D eigenvalue weighted by molar-refractivity contribution is -0.152. The molecule has 0 saturated carbocycles. The predicted octanol–water partition coefficient (Wildman–Crippen LogP) is 4.64. The predicted molar refractivity (Wildman–Crippen MR) is 97.3 cm³/mol. The number of rotatable bonds is 3. The van der Waals surface area contributed by atoms with Gasteiger partial charge in [-0.25, -0.2) is 4.79 Å². The number of hydrogen-bond acceptors (Lipinski definition) is 3. The zero-order chi connectivity index (χ0) is 18.8. The number of likely N-dealkylation sites (tertiary alicyclic amines) is 1. The Morgan fingerprint density at radius 2 is 1.96 bits per heavy atom. The normalized spacial score (nSPS) is 21.1. The van der Waals surface area contributed by atoms with Gasteiger partial charge >= 0.3 is 12.1 Å². The Bertz CT molecular complexity index is 672. The van der Waals surface area contributed by atoms with Gasteiger partial charge in [0.15, 0.2) is 0 Å². The third-order valence-electron chi connectivity index (χ3n) is 4.21. The minimum Gasteiger partial charge on any atom is -0.481 e. The number of carboxylic acids is 1. The van der Waals surface area contributed by atoms with Crippen LogP contribution in [0.4, 0.5) is 4.79 Å². The van der Waals surface area contributed by atoms with Crippen molar-refractivity contribution in [3.63, 3.8) is 0 Å². The van der Waals surface area contributed by atoms with Gasteiger partial charge in [0, 0.05) is 13.1 Å². The van der Waals surface area contributed by atoms with Crippen LogP contribution in [0.15, 0.2) is 18.2 Å². The molecule has 1 heterocycles. The van der Waals surface area contributed by atoms with E-state index in [1.165, 1.54) is 4.90 Å². The van der Waals surface area contributed by atoms with Gasteiger partial charge in [0.25, 0.3) is 0 Å². The zero-order valence-corrected chi connectivity index (χ0v) is 16.2. The average Bonchev–Trinajstić information content (AvgIpc) is 2.49. The van der Waals surface area contributed by atoms with E-state index in [0.717, 1.165) is 5.56 Å². The molecule has 1 aliphatic heterocycles. The maximum absolute atomic E-state index is 12.3. The van der Waals surface area contributed by atoms with Crippen molar-refractivity contribution in [2.45, 2.75) is 45.6 Å². The molecule has 1 atom stereocenters. The van der Waals surface area contributed by atoms with Crippen LogP contribution in [0.25, 0.3) is 0 Å². The molecule has 7 heteroatoms. The second-order valence-corrected chi connectivity index (χ2v) is 8.33. The van der Waals surface area contributed by atoms with E-state index in [1.807, 2.05) is 0 Å². The van der Waals surface area contributed by atoms with Gasteiger partial charge in [-0.15, -0.1) is 0 Å². The first-order valence-electron chi connectivity index (χ1n) is 8.18. The molecule has 1 fully saturated rings. The minimum absolute atomic E-state index is 0.109. The second-order valence-electron chi connectivity index (χ2n) is 7.52. The van der Waals surface area contributed by atoms with E-state index in [1.54, 1.807) is 39.0 Å². The number of piperidine rings is 1. The van der Waals surface area contributed by atoms with E-state index in [-0.39, 0.29) is 13.0 Å². The molecule has 1 N–H and O–H groups in total. The Morgan fingerprint density at radius 3 is 2.52 bits per heavy atom. The number of hydrogen-bond donors (Lipinski definition) is 1. The summed E-state index contributed by atoms with van der Waals surface area (Å²) < 4.78 is 5.39. The van der Waals surface area contributed by atoms with E-state index in [9.17, 15) is 14.7 Å². The third-order valence-corrected chi connectivity index (χ3v) is 4.95. The van der Waals surface area contributed by atoms with Gasteiger partial charge in [-0.2, -0.15) is 0 Å². The molecule has 0 spiro atoms. The molecule has 1 aromatic carbocycles. The van der Waals surface area contributed by atoms with Crippen LogP contribution in [-0.2, 0) is 16.0 Å². The quantitative estimate of drug-likeness (QED) is 0.819. The average molecular weight is 388 g/mol. The molecule has 1 saturated heterocycles. The molecular formula is C18H23Cl2NO4. The summed E-state index contributed by atoms with van der Waals surface area (Å²) in [5.74, 6) is -0.924. The van der Waals surface area contributed by atoms with Gasteiger partial charge in [-0.1, -0.05) is 29.3 Å². The van der Waals surface area contributed by atoms with Crippen LogP contribution in [0, 0.1) is 5.41 Å². The molecule has 0 aromatic heterocycles. The van der Waals surface area contributed by atoms with E-state index in [0.29, 0.717) is 29.4 Å². The van der Waals surface area contributed by atoms with E-state index in [2.05, 4.69) is 0 Å². The highest BCUT2D eigenvalue weighted by atomic mass is 35.5. The van der Waals surface area contributed by atoms with Crippen LogP contribution in [-0.4, -0.2) is 40.8 Å². The van der Waals surface area contributed by atoms with Crippen molar-refractivity contribution in [1.29, 1.82) is 0 Å². The third kappa shape index (κ3) is 5.02. The highest BCUT2D eigenvalue weighted by Crippen LogP contribution is 2.36. The maximum Gasteiger partial charge on any atom is 0.410 e. The fourth-order valence-corrected chi connectivity index (χ4v) is 3.37. The van der Waals surface area contributed by atoms with E-state index >= 15 is 0 Å². The summed E-state index contributed by atoms with van der Waals surface area (Å²) >= 11 is 12.0. The first-order valence-corrected chi connectivity index (χ1v) is 8.93. The lowest BCUT2D eigenvalue weighted by atomic mass is 9.75. The van der Waals surface area contributed by atoms with E-state index in [4.69, 9.17) is 27.9 Å². The Morgan fingerprint density at radius 1 is 1.28 bits per heavy atom. The number of carbonyl (C=O) groups excluding carboxylic acids is 1. The molecule has 2 rings (SSSR count). The Balaban J connectivity index is 2.22. The van der Waals surface area contributed by atoms with Gasteiger partial charge in [0.05, 0.1) is 15.5 Å². The number of amides is 1. The van der Waals surface area contributed by atoms with Gasteiger partial charge in [-0.3, -0.25) is 4.79 Å². The summed E-state index contributed by atoms with van der Waals surface area (Å²) in [5.41, 5.74) is -0.904. The Kier molecular flexibility index (Phi) is 5.89. The number of nitrogens with zero attached hydrogens (tertiary/aromatic N) is 1. The number of carboxylic acid groups (broad SMARTS) is 1. The van der Waals surface area contributed by atoms with Crippen LogP contribution in [0.3, 0.4) is 0 Å². The first kappa shape index (κ1) is 19.9. The molecule has 1 amide bonds. The van der Waals surface area contributed by atoms with Gasteiger partial charge in [-0.05, 0) is 57.7 Å². The van der Waals surface area contributed by atoms with Crippen LogP contribution in [0.1, 0.15) is 39.2 Å². The Labute approximate surface area is 157 Å². The minimum atomic E-state index is -1.06. The lowest BCUT2D eigenvalue weighted by Gasteiger charge is -2.40.